The number of hydrogen-bond acceptors (Lipinski definition) is 3. The Morgan fingerprint density at radius 3 is 2.09 bits per heavy atom. The Labute approximate surface area is 189 Å². The number of hydrogen-bond donors (Lipinski definition) is 0. The number of ether oxygens (including phenoxy) is 1. The lowest BCUT2D eigenvalue weighted by molar-refractivity contribution is -0.894. The molecule has 0 atom stereocenters. The van der Waals surface area contributed by atoms with E-state index >= 15 is 0 Å². The van der Waals surface area contributed by atoms with Crippen LogP contribution in [0.5, 0.6) is 11.5 Å². The smallest absolute Gasteiger partial charge is 0.254 e. The first-order valence-electron chi connectivity index (χ1n) is 11.0. The fraction of sp³-hybridized carbons (Fsp3) is 0.308. The minimum absolute atomic E-state index is 0.0506. The van der Waals surface area contributed by atoms with Crippen molar-refractivity contribution in [1.29, 1.82) is 0 Å². The predicted octanol–water partition coefficient (Wildman–Crippen LogP) is 5.24. The van der Waals surface area contributed by atoms with Crippen LogP contribution in [0, 0.1) is 5.82 Å². The molecular formula is C26H31FN3O2+. The highest BCUT2D eigenvalue weighted by molar-refractivity contribution is 5.95. The fourth-order valence-corrected chi connectivity index (χ4v) is 3.45. The number of piperazine rings is 1. The maximum Gasteiger partial charge on any atom is 0.254 e. The van der Waals surface area contributed by atoms with Crippen molar-refractivity contribution in [2.45, 2.75) is 13.8 Å². The van der Waals surface area contributed by atoms with Gasteiger partial charge in [0.25, 0.3) is 5.91 Å². The number of halogens is 1. The molecule has 1 aromatic heterocycles. The summed E-state index contributed by atoms with van der Waals surface area (Å²) in [7, 11) is 4.38. The molecule has 0 N–H and O–H groups in total. The summed E-state index contributed by atoms with van der Waals surface area (Å²) in [6, 6.07) is 17.0. The average Bonchev–Trinajstić information content (AvgIpc) is 2.82. The third-order valence-electron chi connectivity index (χ3n) is 5.44. The Hall–Kier alpha value is -3.25. The normalized spacial score (nSPS) is 14.8. The van der Waals surface area contributed by atoms with Gasteiger partial charge in [0.1, 0.15) is 17.3 Å². The van der Waals surface area contributed by atoms with Gasteiger partial charge in [-0.3, -0.25) is 9.78 Å². The standard InChI is InChI=1S/C24H25FN3O2.C2H6/c1-28(2)15-13-27(14-16-28)24(29)19-11-12-26-23(17-19)18-3-7-21(8-4-18)30-22-9-5-20(25)6-10-22;1-2/h3-12,17H,13-16H2,1-2H3;1-2H3/q+1;. The molecule has 0 spiro atoms. The number of carbonyl (C=O) groups excluding carboxylic acids is 1. The van der Waals surface area contributed by atoms with Gasteiger partial charge in [-0.1, -0.05) is 13.8 Å². The second-order valence-corrected chi connectivity index (χ2v) is 8.19. The number of carbonyl (C=O) groups is 1. The summed E-state index contributed by atoms with van der Waals surface area (Å²) in [5, 5.41) is 0. The minimum Gasteiger partial charge on any atom is -0.457 e. The summed E-state index contributed by atoms with van der Waals surface area (Å²) >= 11 is 0. The van der Waals surface area contributed by atoms with Gasteiger partial charge in [-0.25, -0.2) is 4.39 Å². The maximum absolute atomic E-state index is 13.0. The molecule has 1 saturated heterocycles. The van der Waals surface area contributed by atoms with Crippen molar-refractivity contribution in [2.75, 3.05) is 40.3 Å². The quantitative estimate of drug-likeness (QED) is 0.526. The summed E-state index contributed by atoms with van der Waals surface area (Å²) in [5.41, 5.74) is 2.29. The molecule has 0 radical (unpaired) electrons. The van der Waals surface area contributed by atoms with Crippen molar-refractivity contribution in [3.63, 3.8) is 0 Å². The number of nitrogens with zero attached hydrogens (tertiary/aromatic N) is 3. The SMILES string of the molecule is CC.C[N+]1(C)CCN(C(=O)c2ccnc(-c3ccc(Oc4ccc(F)cc4)cc3)c2)CC1. The van der Waals surface area contributed by atoms with Crippen LogP contribution in [0.3, 0.4) is 0 Å². The molecule has 3 aromatic rings. The molecule has 4 rings (SSSR count). The van der Waals surface area contributed by atoms with Gasteiger partial charge < -0.3 is 14.1 Å². The summed E-state index contributed by atoms with van der Waals surface area (Å²) in [4.78, 5) is 19.3. The molecule has 1 fully saturated rings. The second-order valence-electron chi connectivity index (χ2n) is 8.19. The van der Waals surface area contributed by atoms with Crippen molar-refractivity contribution in [1.82, 2.24) is 9.88 Å². The van der Waals surface area contributed by atoms with E-state index in [1.54, 1.807) is 24.4 Å². The van der Waals surface area contributed by atoms with Crippen LogP contribution in [0.25, 0.3) is 11.3 Å². The monoisotopic (exact) mass is 436 g/mol. The Balaban J connectivity index is 0.00000141. The fourth-order valence-electron chi connectivity index (χ4n) is 3.45. The van der Waals surface area contributed by atoms with Crippen molar-refractivity contribution < 1.29 is 18.4 Å². The molecule has 2 heterocycles. The Bertz CT molecular complexity index is 1020. The van der Waals surface area contributed by atoms with Gasteiger partial charge in [-0.15, -0.1) is 0 Å². The van der Waals surface area contributed by atoms with E-state index in [1.807, 2.05) is 49.1 Å². The van der Waals surface area contributed by atoms with E-state index in [9.17, 15) is 9.18 Å². The first kappa shape index (κ1) is 23.4. The van der Waals surface area contributed by atoms with Crippen LogP contribution in [0.15, 0.2) is 66.9 Å². The Morgan fingerprint density at radius 1 is 0.938 bits per heavy atom. The highest BCUT2D eigenvalue weighted by atomic mass is 19.1. The third kappa shape index (κ3) is 5.92. The van der Waals surface area contributed by atoms with Gasteiger partial charge in [-0.2, -0.15) is 0 Å². The molecule has 168 valence electrons. The van der Waals surface area contributed by atoms with Crippen LogP contribution >= 0.6 is 0 Å². The highest BCUT2D eigenvalue weighted by Crippen LogP contribution is 2.26. The van der Waals surface area contributed by atoms with Gasteiger partial charge in [0.2, 0.25) is 0 Å². The second kappa shape index (κ2) is 10.4. The maximum atomic E-state index is 13.0. The van der Waals surface area contributed by atoms with E-state index in [-0.39, 0.29) is 11.7 Å². The van der Waals surface area contributed by atoms with Crippen LogP contribution in [0.2, 0.25) is 0 Å². The molecule has 0 bridgehead atoms. The molecule has 1 amide bonds. The van der Waals surface area contributed by atoms with Gasteiger partial charge in [0.15, 0.2) is 0 Å². The third-order valence-corrected chi connectivity index (χ3v) is 5.44. The summed E-state index contributed by atoms with van der Waals surface area (Å²) < 4.78 is 19.7. The summed E-state index contributed by atoms with van der Waals surface area (Å²) in [6.45, 7) is 7.44. The molecule has 2 aromatic carbocycles. The van der Waals surface area contributed by atoms with E-state index in [0.717, 1.165) is 41.9 Å². The van der Waals surface area contributed by atoms with Crippen LogP contribution in [0.1, 0.15) is 24.2 Å². The van der Waals surface area contributed by atoms with E-state index < -0.39 is 0 Å². The molecule has 1 aliphatic heterocycles. The minimum atomic E-state index is -0.300. The van der Waals surface area contributed by atoms with E-state index in [0.29, 0.717) is 17.1 Å². The van der Waals surface area contributed by atoms with Crippen LogP contribution in [-0.4, -0.2) is 60.5 Å². The van der Waals surface area contributed by atoms with Crippen molar-refractivity contribution in [3.8, 4) is 22.8 Å². The molecular weight excluding hydrogens is 405 g/mol. The van der Waals surface area contributed by atoms with Gasteiger partial charge in [0.05, 0.1) is 46.0 Å². The predicted molar refractivity (Wildman–Crippen MR) is 125 cm³/mol. The Kier molecular flexibility index (Phi) is 7.59. The van der Waals surface area contributed by atoms with Crippen LogP contribution < -0.4 is 4.74 Å². The van der Waals surface area contributed by atoms with Crippen molar-refractivity contribution in [2.24, 2.45) is 0 Å². The zero-order chi connectivity index (χ0) is 23.1. The van der Waals surface area contributed by atoms with Gasteiger partial charge >= 0.3 is 0 Å². The van der Waals surface area contributed by atoms with Crippen molar-refractivity contribution >= 4 is 5.91 Å². The topological polar surface area (TPSA) is 42.4 Å². The first-order valence-corrected chi connectivity index (χ1v) is 11.0. The van der Waals surface area contributed by atoms with Crippen LogP contribution in [0.4, 0.5) is 4.39 Å². The zero-order valence-electron chi connectivity index (χ0n) is 19.2. The first-order chi connectivity index (χ1) is 15.4. The number of aromatic nitrogens is 1. The summed E-state index contributed by atoms with van der Waals surface area (Å²) in [5.74, 6) is 0.963. The van der Waals surface area contributed by atoms with E-state index in [1.165, 1.54) is 12.1 Å². The molecule has 5 nitrogen and oxygen atoms in total. The molecule has 1 aliphatic rings. The van der Waals surface area contributed by atoms with Gasteiger partial charge in [-0.05, 0) is 60.7 Å². The number of benzene rings is 2. The average molecular weight is 437 g/mol. The number of likely N-dealkylation sites (N-methyl/N-ethyl adjacent to an activating group) is 1. The van der Waals surface area contributed by atoms with E-state index in [4.69, 9.17) is 4.74 Å². The highest BCUT2D eigenvalue weighted by Gasteiger charge is 2.27. The lowest BCUT2D eigenvalue weighted by Gasteiger charge is -2.39. The molecule has 0 aliphatic carbocycles. The molecule has 32 heavy (non-hydrogen) atoms. The molecule has 0 unspecified atom stereocenters. The van der Waals surface area contributed by atoms with Crippen LogP contribution in [-0.2, 0) is 0 Å². The lowest BCUT2D eigenvalue weighted by Crippen LogP contribution is -2.56. The zero-order valence-corrected chi connectivity index (χ0v) is 19.2. The molecule has 0 saturated carbocycles. The largest absolute Gasteiger partial charge is 0.457 e. The van der Waals surface area contributed by atoms with E-state index in [2.05, 4.69) is 19.1 Å². The summed E-state index contributed by atoms with van der Waals surface area (Å²) in [6.07, 6.45) is 1.68. The molecule has 6 heteroatoms. The number of pyridine rings is 1. The van der Waals surface area contributed by atoms with Gasteiger partial charge in [0, 0.05) is 17.3 Å². The number of amides is 1. The lowest BCUT2D eigenvalue weighted by atomic mass is 10.1. The van der Waals surface area contributed by atoms with Crippen molar-refractivity contribution in [3.05, 3.63) is 78.2 Å². The number of rotatable bonds is 4. The number of quaternary nitrogens is 1. The Morgan fingerprint density at radius 2 is 1.50 bits per heavy atom.